The van der Waals surface area contributed by atoms with Crippen LogP contribution in [0.1, 0.15) is 19.3 Å². The van der Waals surface area contributed by atoms with Gasteiger partial charge in [-0.05, 0) is 66.5 Å². The van der Waals surface area contributed by atoms with Gasteiger partial charge < -0.3 is 10.1 Å². The fourth-order valence-electron chi connectivity index (χ4n) is 1.86. The zero-order valence-electron chi connectivity index (χ0n) is 9.01. The van der Waals surface area contributed by atoms with Crippen molar-refractivity contribution in [3.63, 3.8) is 0 Å². The van der Waals surface area contributed by atoms with Gasteiger partial charge in [-0.25, -0.2) is 0 Å². The van der Waals surface area contributed by atoms with E-state index in [-0.39, 0.29) is 0 Å². The number of ether oxygens (including phenoxy) is 1. The van der Waals surface area contributed by atoms with Gasteiger partial charge in [-0.2, -0.15) is 0 Å². The topological polar surface area (TPSA) is 21.3 Å². The van der Waals surface area contributed by atoms with Crippen molar-refractivity contribution in [1.29, 1.82) is 0 Å². The van der Waals surface area contributed by atoms with Gasteiger partial charge in [0.05, 0.1) is 4.47 Å². The lowest BCUT2D eigenvalue weighted by Crippen LogP contribution is -2.19. The van der Waals surface area contributed by atoms with Crippen LogP contribution in [0.5, 0.6) is 5.75 Å². The Morgan fingerprint density at radius 1 is 1.31 bits per heavy atom. The number of benzene rings is 1. The molecule has 1 saturated heterocycles. The third kappa shape index (κ3) is 3.37. The Morgan fingerprint density at radius 2 is 2.19 bits per heavy atom. The first-order chi connectivity index (χ1) is 7.75. The minimum Gasteiger partial charge on any atom is -0.489 e. The lowest BCUT2D eigenvalue weighted by Gasteiger charge is -2.17. The van der Waals surface area contributed by atoms with E-state index in [1.165, 1.54) is 6.42 Å². The van der Waals surface area contributed by atoms with Crippen LogP contribution in [0.4, 0.5) is 0 Å². The van der Waals surface area contributed by atoms with E-state index in [9.17, 15) is 0 Å². The Balaban J connectivity index is 2.01. The molecule has 1 fully saturated rings. The van der Waals surface area contributed by atoms with Crippen molar-refractivity contribution in [2.75, 3.05) is 13.1 Å². The van der Waals surface area contributed by atoms with Crippen LogP contribution < -0.4 is 10.1 Å². The monoisotopic (exact) mass is 303 g/mol. The van der Waals surface area contributed by atoms with E-state index in [0.29, 0.717) is 6.10 Å². The minimum absolute atomic E-state index is 0.312. The van der Waals surface area contributed by atoms with Crippen LogP contribution in [0.3, 0.4) is 0 Å². The van der Waals surface area contributed by atoms with E-state index in [0.717, 1.165) is 41.2 Å². The highest BCUT2D eigenvalue weighted by Crippen LogP contribution is 2.29. The molecule has 0 amide bonds. The summed E-state index contributed by atoms with van der Waals surface area (Å²) >= 11 is 9.36. The summed E-state index contributed by atoms with van der Waals surface area (Å²) in [7, 11) is 0. The number of hydrogen-bond acceptors (Lipinski definition) is 2. The van der Waals surface area contributed by atoms with E-state index in [4.69, 9.17) is 16.3 Å². The highest BCUT2D eigenvalue weighted by atomic mass is 79.9. The predicted octanol–water partition coefficient (Wildman–Crippen LogP) is 3.62. The van der Waals surface area contributed by atoms with Crippen LogP contribution in [0.15, 0.2) is 22.7 Å². The molecule has 1 aliphatic rings. The molecule has 2 nitrogen and oxygen atoms in total. The third-order valence-electron chi connectivity index (χ3n) is 2.71. The maximum atomic E-state index is 5.98. The molecule has 1 N–H and O–H groups in total. The SMILES string of the molecule is Clc1ccc(OC2CCCNCC2)c(Br)c1. The number of nitrogens with one attached hydrogen (secondary N) is 1. The first-order valence-electron chi connectivity index (χ1n) is 5.58. The van der Waals surface area contributed by atoms with Crippen molar-refractivity contribution in [3.05, 3.63) is 27.7 Å². The summed E-state index contributed by atoms with van der Waals surface area (Å²) in [6.45, 7) is 2.14. The Bertz CT molecular complexity index is 351. The van der Waals surface area contributed by atoms with Crippen LogP contribution in [0.25, 0.3) is 0 Å². The van der Waals surface area contributed by atoms with Gasteiger partial charge in [0.2, 0.25) is 0 Å². The molecule has 1 unspecified atom stereocenters. The molecule has 0 aromatic heterocycles. The largest absolute Gasteiger partial charge is 0.489 e. The molecule has 4 heteroatoms. The fourth-order valence-corrected chi connectivity index (χ4v) is 2.63. The Hall–Kier alpha value is -0.250. The van der Waals surface area contributed by atoms with Gasteiger partial charge >= 0.3 is 0 Å². The van der Waals surface area contributed by atoms with Gasteiger partial charge in [0.15, 0.2) is 0 Å². The van der Waals surface area contributed by atoms with Gasteiger partial charge in [0, 0.05) is 5.02 Å². The average molecular weight is 305 g/mol. The van der Waals surface area contributed by atoms with Crippen LogP contribution >= 0.6 is 27.5 Å². The summed E-state index contributed by atoms with van der Waals surface area (Å²) in [4.78, 5) is 0. The van der Waals surface area contributed by atoms with Gasteiger partial charge in [0.1, 0.15) is 11.9 Å². The average Bonchev–Trinajstić information content (AvgIpc) is 2.51. The van der Waals surface area contributed by atoms with Gasteiger partial charge in [0.25, 0.3) is 0 Å². The number of hydrogen-bond donors (Lipinski definition) is 1. The fraction of sp³-hybridized carbons (Fsp3) is 0.500. The van der Waals surface area contributed by atoms with E-state index in [2.05, 4.69) is 21.2 Å². The Labute approximate surface area is 109 Å². The lowest BCUT2D eigenvalue weighted by atomic mass is 10.1. The maximum Gasteiger partial charge on any atom is 0.133 e. The minimum atomic E-state index is 0.312. The summed E-state index contributed by atoms with van der Waals surface area (Å²) in [5.74, 6) is 0.885. The van der Waals surface area contributed by atoms with Crippen LogP contribution in [-0.4, -0.2) is 19.2 Å². The van der Waals surface area contributed by atoms with Gasteiger partial charge in [-0.1, -0.05) is 11.6 Å². The molecule has 1 atom stereocenters. The molecule has 1 aromatic rings. The third-order valence-corrected chi connectivity index (χ3v) is 3.57. The molecule has 0 bridgehead atoms. The highest BCUT2D eigenvalue weighted by molar-refractivity contribution is 9.10. The van der Waals surface area contributed by atoms with Crippen molar-refractivity contribution in [3.8, 4) is 5.75 Å². The maximum absolute atomic E-state index is 5.98. The van der Waals surface area contributed by atoms with Crippen molar-refractivity contribution in [1.82, 2.24) is 5.32 Å². The summed E-state index contributed by atoms with van der Waals surface area (Å²) in [5.41, 5.74) is 0. The normalized spacial score (nSPS) is 21.5. The van der Waals surface area contributed by atoms with Crippen LogP contribution in [0.2, 0.25) is 5.02 Å². The van der Waals surface area contributed by atoms with Crippen molar-refractivity contribution >= 4 is 27.5 Å². The van der Waals surface area contributed by atoms with E-state index in [1.54, 1.807) is 0 Å². The van der Waals surface area contributed by atoms with Crippen LogP contribution in [-0.2, 0) is 0 Å². The Kier molecular flexibility index (Phi) is 4.50. The molecule has 1 aromatic carbocycles. The molecule has 2 rings (SSSR count). The van der Waals surface area contributed by atoms with Crippen LogP contribution in [0, 0.1) is 0 Å². The van der Waals surface area contributed by atoms with E-state index >= 15 is 0 Å². The number of halogens is 2. The summed E-state index contributed by atoms with van der Waals surface area (Å²) < 4.78 is 6.90. The molecule has 88 valence electrons. The molecular weight excluding hydrogens is 289 g/mol. The molecule has 1 aliphatic heterocycles. The smallest absolute Gasteiger partial charge is 0.133 e. The summed E-state index contributed by atoms with van der Waals surface area (Å²) in [6.07, 6.45) is 3.67. The molecule has 0 radical (unpaired) electrons. The second-order valence-electron chi connectivity index (χ2n) is 4.00. The Morgan fingerprint density at radius 3 is 3.00 bits per heavy atom. The quantitative estimate of drug-likeness (QED) is 0.901. The van der Waals surface area contributed by atoms with Crippen molar-refractivity contribution < 1.29 is 4.74 Å². The first kappa shape index (κ1) is 12.2. The summed E-state index contributed by atoms with van der Waals surface area (Å²) in [5, 5.41) is 4.10. The van der Waals surface area contributed by atoms with E-state index in [1.807, 2.05) is 18.2 Å². The number of rotatable bonds is 2. The van der Waals surface area contributed by atoms with Gasteiger partial charge in [-0.15, -0.1) is 0 Å². The molecular formula is C12H15BrClNO. The standard InChI is InChI=1S/C12H15BrClNO/c13-11-8-9(14)3-4-12(11)16-10-2-1-6-15-7-5-10/h3-4,8,10,15H,1-2,5-7H2. The molecule has 0 spiro atoms. The molecule has 1 heterocycles. The van der Waals surface area contributed by atoms with Crippen molar-refractivity contribution in [2.45, 2.75) is 25.4 Å². The second kappa shape index (κ2) is 5.89. The summed E-state index contributed by atoms with van der Waals surface area (Å²) in [6, 6.07) is 5.65. The van der Waals surface area contributed by atoms with Gasteiger partial charge in [-0.3, -0.25) is 0 Å². The first-order valence-corrected chi connectivity index (χ1v) is 6.75. The predicted molar refractivity (Wildman–Crippen MR) is 70.3 cm³/mol. The molecule has 0 aliphatic carbocycles. The zero-order chi connectivity index (χ0) is 11.4. The van der Waals surface area contributed by atoms with E-state index < -0.39 is 0 Å². The molecule has 16 heavy (non-hydrogen) atoms. The lowest BCUT2D eigenvalue weighted by molar-refractivity contribution is 0.186. The highest BCUT2D eigenvalue weighted by Gasteiger charge is 2.14. The molecule has 0 saturated carbocycles. The van der Waals surface area contributed by atoms with Crippen molar-refractivity contribution in [2.24, 2.45) is 0 Å². The second-order valence-corrected chi connectivity index (χ2v) is 5.29. The zero-order valence-corrected chi connectivity index (χ0v) is 11.4.